The highest BCUT2D eigenvalue weighted by atomic mass is 35.5. The van der Waals surface area contributed by atoms with Crippen LogP contribution in [0.2, 0.25) is 15.1 Å². The molecule has 0 aliphatic heterocycles. The summed E-state index contributed by atoms with van der Waals surface area (Å²) in [4.78, 5) is 12.3. The average molecular weight is 404 g/mol. The molecule has 1 aromatic carbocycles. The van der Waals surface area contributed by atoms with Gasteiger partial charge in [-0.2, -0.15) is 0 Å². The van der Waals surface area contributed by atoms with Gasteiger partial charge in [-0.05, 0) is 48.2 Å². The normalized spacial score (nSPS) is 26.2. The van der Waals surface area contributed by atoms with E-state index in [0.717, 1.165) is 18.4 Å². The number of hydrogen-bond donors (Lipinski definition) is 1. The number of ether oxygens (including phenoxy) is 1. The fourth-order valence-electron chi connectivity index (χ4n) is 4.23. The number of carbonyl (C=O) groups is 1. The molecule has 3 unspecified atom stereocenters. The van der Waals surface area contributed by atoms with E-state index in [1.54, 1.807) is 0 Å². The van der Waals surface area contributed by atoms with E-state index in [1.807, 2.05) is 13.0 Å². The lowest BCUT2D eigenvalue weighted by Crippen LogP contribution is -2.57. The Bertz CT molecular complexity index is 757. The van der Waals surface area contributed by atoms with Gasteiger partial charge in [0.1, 0.15) is 5.75 Å². The van der Waals surface area contributed by atoms with E-state index in [1.165, 1.54) is 12.1 Å². The average Bonchev–Trinajstić information content (AvgIpc) is 2.56. The quantitative estimate of drug-likeness (QED) is 0.467. The van der Waals surface area contributed by atoms with Gasteiger partial charge in [0.2, 0.25) is 5.60 Å². The number of aliphatic carboxylic acids is 1. The van der Waals surface area contributed by atoms with Crippen LogP contribution >= 0.6 is 34.8 Å². The molecule has 0 amide bonds. The van der Waals surface area contributed by atoms with Crippen molar-refractivity contribution in [3.63, 3.8) is 0 Å². The molecule has 1 aromatic rings. The minimum atomic E-state index is -1.45. The third-order valence-electron chi connectivity index (χ3n) is 6.04. The molecule has 0 radical (unpaired) electrons. The van der Waals surface area contributed by atoms with Gasteiger partial charge < -0.3 is 9.84 Å². The van der Waals surface area contributed by atoms with Gasteiger partial charge >= 0.3 is 5.97 Å². The van der Waals surface area contributed by atoms with Gasteiger partial charge in [-0.3, -0.25) is 0 Å². The van der Waals surface area contributed by atoms with Gasteiger partial charge in [0.25, 0.3) is 0 Å². The van der Waals surface area contributed by atoms with Gasteiger partial charge in [0.05, 0.1) is 15.1 Å². The number of hydrogen-bond acceptors (Lipinski definition) is 2. The largest absolute Gasteiger partial charge is 0.478 e. The summed E-state index contributed by atoms with van der Waals surface area (Å²) in [6.07, 6.45) is 4.23. The molecule has 3 nitrogen and oxygen atoms in total. The van der Waals surface area contributed by atoms with Crippen LogP contribution in [0, 0.1) is 17.3 Å². The Hall–Kier alpha value is -0.900. The molecule has 0 aromatic heterocycles. The van der Waals surface area contributed by atoms with Crippen molar-refractivity contribution < 1.29 is 14.6 Å². The first kappa shape index (κ1) is 18.9. The fraction of sp³-hybridized carbons (Fsp3) is 0.526. The molecule has 0 heterocycles. The molecule has 0 saturated heterocycles. The molecule has 4 rings (SSSR count). The van der Waals surface area contributed by atoms with Crippen LogP contribution in [0.3, 0.4) is 0 Å². The predicted molar refractivity (Wildman–Crippen MR) is 101 cm³/mol. The second-order valence-corrected chi connectivity index (χ2v) is 8.71. The summed E-state index contributed by atoms with van der Waals surface area (Å²) < 4.78 is 6.06. The Morgan fingerprint density at radius 2 is 1.92 bits per heavy atom. The zero-order valence-corrected chi connectivity index (χ0v) is 16.7. The number of rotatable bonds is 5. The van der Waals surface area contributed by atoms with Crippen molar-refractivity contribution >= 4 is 40.8 Å². The van der Waals surface area contributed by atoms with Crippen molar-refractivity contribution in [1.82, 2.24) is 0 Å². The highest BCUT2D eigenvalue weighted by molar-refractivity contribution is 6.43. The third-order valence-corrected chi connectivity index (χ3v) is 7.05. The molecular formula is C19H21Cl3O3. The van der Waals surface area contributed by atoms with Crippen molar-refractivity contribution in [2.45, 2.75) is 45.6 Å². The molecule has 3 aliphatic carbocycles. The zero-order chi connectivity index (χ0) is 18.6. The topological polar surface area (TPSA) is 46.5 Å². The summed E-state index contributed by atoms with van der Waals surface area (Å²) in [5.74, 6) is 0.0343. The number of carboxylic acid groups (broad SMARTS) is 1. The smallest absolute Gasteiger partial charge is 0.352 e. The number of allylic oxidation sites excluding steroid dienone is 1. The SMILES string of the molecule is CCC(Oc1cc(Cl)c(Cl)cc1Cl)(C(=O)O)C1=CCC2CC1C2(C)C. The van der Waals surface area contributed by atoms with E-state index in [0.29, 0.717) is 17.4 Å². The second kappa shape index (κ2) is 6.37. The van der Waals surface area contributed by atoms with Gasteiger partial charge in [-0.25, -0.2) is 4.79 Å². The molecule has 6 heteroatoms. The minimum Gasteiger partial charge on any atom is -0.478 e. The minimum absolute atomic E-state index is 0.0880. The monoisotopic (exact) mass is 402 g/mol. The van der Waals surface area contributed by atoms with Crippen LogP contribution < -0.4 is 4.74 Å². The second-order valence-electron chi connectivity index (χ2n) is 7.49. The lowest BCUT2D eigenvalue weighted by atomic mass is 9.47. The fourth-order valence-corrected chi connectivity index (χ4v) is 4.80. The number of halogens is 3. The molecule has 2 bridgehead atoms. The lowest BCUT2D eigenvalue weighted by molar-refractivity contribution is -0.155. The Morgan fingerprint density at radius 3 is 2.44 bits per heavy atom. The van der Waals surface area contributed by atoms with Crippen LogP contribution in [0.15, 0.2) is 23.8 Å². The maximum atomic E-state index is 12.3. The summed E-state index contributed by atoms with van der Waals surface area (Å²) in [5.41, 5.74) is -0.518. The van der Waals surface area contributed by atoms with E-state index in [2.05, 4.69) is 13.8 Å². The highest BCUT2D eigenvalue weighted by Gasteiger charge is 2.58. The first-order chi connectivity index (χ1) is 11.6. The molecule has 136 valence electrons. The predicted octanol–water partition coefficient (Wildman–Crippen LogP) is 6.25. The van der Waals surface area contributed by atoms with Crippen molar-refractivity contribution in [2.24, 2.45) is 17.3 Å². The summed E-state index contributed by atoms with van der Waals surface area (Å²) in [6, 6.07) is 2.96. The van der Waals surface area contributed by atoms with Gasteiger partial charge in [0.15, 0.2) is 0 Å². The Kier molecular flexibility index (Phi) is 4.81. The van der Waals surface area contributed by atoms with Gasteiger partial charge in [0, 0.05) is 6.07 Å². The zero-order valence-electron chi connectivity index (χ0n) is 14.4. The van der Waals surface area contributed by atoms with Crippen molar-refractivity contribution in [2.75, 3.05) is 0 Å². The number of fused-ring (bicyclic) bond motifs is 1. The van der Waals surface area contributed by atoms with Crippen LogP contribution in [0.5, 0.6) is 5.75 Å². The Labute approximate surface area is 162 Å². The first-order valence-electron chi connectivity index (χ1n) is 8.41. The lowest BCUT2D eigenvalue weighted by Gasteiger charge is -2.58. The molecular weight excluding hydrogens is 383 g/mol. The molecule has 1 N–H and O–H groups in total. The van der Waals surface area contributed by atoms with Gasteiger partial charge in [-0.1, -0.05) is 61.7 Å². The van der Waals surface area contributed by atoms with Crippen molar-refractivity contribution in [3.8, 4) is 5.75 Å². The Morgan fingerprint density at radius 1 is 1.28 bits per heavy atom. The third kappa shape index (κ3) is 2.85. The number of benzene rings is 1. The summed E-state index contributed by atoms with van der Waals surface area (Å²) in [6.45, 7) is 6.22. The molecule has 0 spiro atoms. The molecule has 3 aliphatic rings. The van der Waals surface area contributed by atoms with Crippen LogP contribution in [0.1, 0.15) is 40.0 Å². The van der Waals surface area contributed by atoms with Gasteiger partial charge in [-0.15, -0.1) is 0 Å². The highest BCUT2D eigenvalue weighted by Crippen LogP contribution is 2.61. The standard InChI is InChI=1S/C19H21Cl3O3/c1-4-19(17(23)24,11-6-5-10-7-12(11)18(10,2)3)25-16-9-14(21)13(20)8-15(16)22/h6,8-10,12H,4-5,7H2,1-3H3,(H,23,24). The summed E-state index contributed by atoms with van der Waals surface area (Å²) >= 11 is 18.3. The van der Waals surface area contributed by atoms with Crippen molar-refractivity contribution in [1.29, 1.82) is 0 Å². The summed E-state index contributed by atoms with van der Waals surface area (Å²) in [7, 11) is 0. The van der Waals surface area contributed by atoms with Crippen LogP contribution in [0.4, 0.5) is 0 Å². The van der Waals surface area contributed by atoms with E-state index in [-0.39, 0.29) is 27.1 Å². The van der Waals surface area contributed by atoms with Crippen LogP contribution in [-0.2, 0) is 4.79 Å². The van der Waals surface area contributed by atoms with Crippen LogP contribution in [0.25, 0.3) is 0 Å². The first-order valence-corrected chi connectivity index (χ1v) is 9.54. The van der Waals surface area contributed by atoms with Crippen LogP contribution in [-0.4, -0.2) is 16.7 Å². The summed E-state index contributed by atoms with van der Waals surface area (Å²) in [5, 5.41) is 10.9. The molecule has 1 saturated carbocycles. The van der Waals surface area contributed by atoms with E-state index in [4.69, 9.17) is 39.5 Å². The molecule has 25 heavy (non-hydrogen) atoms. The maximum Gasteiger partial charge on any atom is 0.352 e. The van der Waals surface area contributed by atoms with Crippen molar-refractivity contribution in [3.05, 3.63) is 38.8 Å². The molecule has 1 fully saturated rings. The van der Waals surface area contributed by atoms with E-state index < -0.39 is 11.6 Å². The molecule has 3 atom stereocenters. The maximum absolute atomic E-state index is 12.3. The Balaban J connectivity index is 2.05. The van der Waals surface area contributed by atoms with E-state index >= 15 is 0 Å². The number of carboxylic acids is 1. The van der Waals surface area contributed by atoms with E-state index in [9.17, 15) is 9.90 Å².